The van der Waals surface area contributed by atoms with Crippen LogP contribution in [0.2, 0.25) is 0 Å². The molecule has 0 radical (unpaired) electrons. The molecule has 1 aliphatic rings. The first-order chi connectivity index (χ1) is 12.3. The third-order valence-corrected chi connectivity index (χ3v) is 5.59. The summed E-state index contributed by atoms with van der Waals surface area (Å²) in [6, 6.07) is 15.1. The van der Waals surface area contributed by atoms with Crippen LogP contribution >= 0.6 is 0 Å². The van der Waals surface area contributed by atoms with Crippen molar-refractivity contribution in [2.45, 2.75) is 19.8 Å². The lowest BCUT2D eigenvalue weighted by atomic mass is 10.0. The number of anilines is 2. The number of sulfonamides is 1. The summed E-state index contributed by atoms with van der Waals surface area (Å²) in [6.07, 6.45) is 4.38. The summed E-state index contributed by atoms with van der Waals surface area (Å²) in [5.41, 5.74) is 4.06. The van der Waals surface area contributed by atoms with Crippen LogP contribution in [0.1, 0.15) is 24.5 Å². The third-order valence-electron chi connectivity index (χ3n) is 4.41. The van der Waals surface area contributed by atoms with E-state index in [4.69, 9.17) is 0 Å². The first kappa shape index (κ1) is 18.2. The average Bonchev–Trinajstić information content (AvgIpc) is 2.61. The SMILES string of the molecule is C/C(=C\C(=O)Nc1ccc2c(c1)N(S(C)(=O)=O)CCC2)c1ccccc1. The maximum absolute atomic E-state index is 12.3. The van der Waals surface area contributed by atoms with Crippen molar-refractivity contribution in [1.82, 2.24) is 0 Å². The molecule has 0 aromatic heterocycles. The average molecular weight is 370 g/mol. The first-order valence-corrected chi connectivity index (χ1v) is 10.3. The Morgan fingerprint density at radius 3 is 2.58 bits per heavy atom. The lowest BCUT2D eigenvalue weighted by molar-refractivity contribution is -0.111. The second-order valence-electron chi connectivity index (χ2n) is 6.46. The molecule has 2 aromatic rings. The lowest BCUT2D eigenvalue weighted by Crippen LogP contribution is -2.34. The number of rotatable bonds is 4. The second kappa shape index (κ2) is 7.33. The van der Waals surface area contributed by atoms with E-state index in [0.29, 0.717) is 17.9 Å². The van der Waals surface area contributed by atoms with Crippen LogP contribution in [0, 0.1) is 0 Å². The number of nitrogens with one attached hydrogen (secondary N) is 1. The molecule has 3 rings (SSSR count). The molecule has 136 valence electrons. The molecule has 5 nitrogen and oxygen atoms in total. The highest BCUT2D eigenvalue weighted by Gasteiger charge is 2.24. The molecule has 6 heteroatoms. The Labute approximate surface area is 154 Å². The van der Waals surface area contributed by atoms with Crippen molar-refractivity contribution in [1.29, 1.82) is 0 Å². The number of carbonyl (C=O) groups is 1. The predicted octanol–water partition coefficient (Wildman–Crippen LogP) is 3.44. The topological polar surface area (TPSA) is 66.5 Å². The van der Waals surface area contributed by atoms with Crippen molar-refractivity contribution >= 4 is 32.9 Å². The number of benzene rings is 2. The molecule has 0 bridgehead atoms. The van der Waals surface area contributed by atoms with Crippen molar-refractivity contribution in [2.75, 3.05) is 22.4 Å². The summed E-state index contributed by atoms with van der Waals surface area (Å²) >= 11 is 0. The van der Waals surface area contributed by atoms with Gasteiger partial charge in [0.25, 0.3) is 0 Å². The van der Waals surface area contributed by atoms with Crippen LogP contribution in [-0.4, -0.2) is 27.1 Å². The van der Waals surface area contributed by atoms with Gasteiger partial charge in [0.05, 0.1) is 11.9 Å². The molecule has 1 N–H and O–H groups in total. The number of amides is 1. The molecule has 0 spiro atoms. The zero-order valence-corrected chi connectivity index (χ0v) is 15.7. The van der Waals surface area contributed by atoms with Gasteiger partial charge in [-0.15, -0.1) is 0 Å². The monoisotopic (exact) mass is 370 g/mol. The molecule has 0 atom stereocenters. The summed E-state index contributed by atoms with van der Waals surface area (Å²) in [7, 11) is -3.33. The summed E-state index contributed by atoms with van der Waals surface area (Å²) < 4.78 is 25.4. The largest absolute Gasteiger partial charge is 0.322 e. The molecule has 1 heterocycles. The van der Waals surface area contributed by atoms with Crippen molar-refractivity contribution in [2.24, 2.45) is 0 Å². The zero-order chi connectivity index (χ0) is 18.7. The van der Waals surface area contributed by atoms with Crippen LogP contribution in [0.15, 0.2) is 54.6 Å². The first-order valence-electron chi connectivity index (χ1n) is 8.50. The Morgan fingerprint density at radius 1 is 1.15 bits per heavy atom. The molecular formula is C20H22N2O3S. The number of aryl methyl sites for hydroxylation is 1. The summed E-state index contributed by atoms with van der Waals surface area (Å²) in [5.74, 6) is -0.243. The molecule has 1 aliphatic heterocycles. The van der Waals surface area contributed by atoms with Gasteiger partial charge in [-0.1, -0.05) is 36.4 Å². The quantitative estimate of drug-likeness (QED) is 0.839. The van der Waals surface area contributed by atoms with Crippen LogP contribution in [0.25, 0.3) is 5.57 Å². The maximum atomic E-state index is 12.3. The van der Waals surface area contributed by atoms with E-state index < -0.39 is 10.0 Å². The van der Waals surface area contributed by atoms with Crippen molar-refractivity contribution < 1.29 is 13.2 Å². The van der Waals surface area contributed by atoms with E-state index in [9.17, 15) is 13.2 Å². The van der Waals surface area contributed by atoms with E-state index >= 15 is 0 Å². The fourth-order valence-electron chi connectivity index (χ4n) is 3.12. The molecule has 26 heavy (non-hydrogen) atoms. The van der Waals surface area contributed by atoms with Gasteiger partial charge in [-0.05, 0) is 48.6 Å². The Balaban J connectivity index is 1.82. The number of nitrogens with zero attached hydrogens (tertiary/aromatic N) is 1. The van der Waals surface area contributed by atoms with E-state index in [1.165, 1.54) is 10.6 Å². The van der Waals surface area contributed by atoms with E-state index in [-0.39, 0.29) is 5.91 Å². The highest BCUT2D eigenvalue weighted by Crippen LogP contribution is 2.31. The predicted molar refractivity (Wildman–Crippen MR) is 106 cm³/mol. The van der Waals surface area contributed by atoms with Crippen molar-refractivity contribution in [3.63, 3.8) is 0 Å². The number of allylic oxidation sites excluding steroid dienone is 1. The zero-order valence-electron chi connectivity index (χ0n) is 14.9. The smallest absolute Gasteiger partial charge is 0.248 e. The van der Waals surface area contributed by atoms with Gasteiger partial charge in [-0.25, -0.2) is 8.42 Å². The van der Waals surface area contributed by atoms with Gasteiger partial charge in [0.15, 0.2) is 0 Å². The minimum Gasteiger partial charge on any atom is -0.322 e. The van der Waals surface area contributed by atoms with Gasteiger partial charge in [0, 0.05) is 18.3 Å². The summed E-state index contributed by atoms with van der Waals surface area (Å²) in [4.78, 5) is 12.3. The summed E-state index contributed by atoms with van der Waals surface area (Å²) in [5, 5.41) is 2.83. The van der Waals surface area contributed by atoms with Gasteiger partial charge >= 0.3 is 0 Å². The molecule has 2 aromatic carbocycles. The molecule has 0 saturated heterocycles. The van der Waals surface area contributed by atoms with E-state index in [2.05, 4.69) is 5.32 Å². The van der Waals surface area contributed by atoms with Crippen LogP contribution in [-0.2, 0) is 21.2 Å². The molecule has 0 fully saturated rings. The third kappa shape index (κ3) is 4.14. The van der Waals surface area contributed by atoms with Crippen LogP contribution in [0.5, 0.6) is 0 Å². The van der Waals surface area contributed by atoms with Crippen molar-refractivity contribution in [3.8, 4) is 0 Å². The fraction of sp³-hybridized carbons (Fsp3) is 0.250. The fourth-order valence-corrected chi connectivity index (χ4v) is 4.11. The number of hydrogen-bond donors (Lipinski definition) is 1. The number of hydrogen-bond acceptors (Lipinski definition) is 3. The normalized spacial score (nSPS) is 14.7. The van der Waals surface area contributed by atoms with Gasteiger partial charge in [0.1, 0.15) is 0 Å². The Bertz CT molecular complexity index is 950. The molecule has 0 aliphatic carbocycles. The Hall–Kier alpha value is -2.60. The Kier molecular flexibility index (Phi) is 5.13. The molecular weight excluding hydrogens is 348 g/mol. The van der Waals surface area contributed by atoms with E-state index in [0.717, 1.165) is 29.5 Å². The second-order valence-corrected chi connectivity index (χ2v) is 8.37. The lowest BCUT2D eigenvalue weighted by Gasteiger charge is -2.29. The highest BCUT2D eigenvalue weighted by molar-refractivity contribution is 7.92. The van der Waals surface area contributed by atoms with E-state index in [1.807, 2.05) is 49.4 Å². The van der Waals surface area contributed by atoms with Gasteiger partial charge < -0.3 is 5.32 Å². The standard InChI is InChI=1S/C20H22N2O3S/c1-15(16-7-4-3-5-8-16)13-20(23)21-18-11-10-17-9-6-12-22(19(17)14-18)26(2,24)25/h3-5,7-8,10-11,13-14H,6,9,12H2,1-2H3,(H,21,23)/b15-13+. The van der Waals surface area contributed by atoms with Crippen LogP contribution in [0.4, 0.5) is 11.4 Å². The maximum Gasteiger partial charge on any atom is 0.248 e. The molecule has 0 saturated carbocycles. The minimum atomic E-state index is -3.33. The minimum absolute atomic E-state index is 0.243. The van der Waals surface area contributed by atoms with Gasteiger partial charge in [-0.2, -0.15) is 0 Å². The highest BCUT2D eigenvalue weighted by atomic mass is 32.2. The van der Waals surface area contributed by atoms with Gasteiger partial charge in [0.2, 0.25) is 15.9 Å². The number of carbonyl (C=O) groups excluding carboxylic acids is 1. The van der Waals surface area contributed by atoms with Crippen LogP contribution in [0.3, 0.4) is 0 Å². The number of fused-ring (bicyclic) bond motifs is 1. The Morgan fingerprint density at radius 2 is 1.88 bits per heavy atom. The van der Waals surface area contributed by atoms with Crippen molar-refractivity contribution in [3.05, 3.63) is 65.7 Å². The molecule has 0 unspecified atom stereocenters. The van der Waals surface area contributed by atoms with E-state index in [1.54, 1.807) is 12.1 Å². The van der Waals surface area contributed by atoms with Gasteiger partial charge in [-0.3, -0.25) is 9.10 Å². The summed E-state index contributed by atoms with van der Waals surface area (Å²) in [6.45, 7) is 2.35. The molecule has 1 amide bonds. The van der Waals surface area contributed by atoms with Crippen LogP contribution < -0.4 is 9.62 Å².